The molecule has 1 N–H and O–H groups in total. The van der Waals surface area contributed by atoms with E-state index in [0.717, 1.165) is 44.8 Å². The number of carbonyl (C=O) groups excluding carboxylic acids is 1. The van der Waals surface area contributed by atoms with Crippen molar-refractivity contribution in [1.29, 1.82) is 0 Å². The highest BCUT2D eigenvalue weighted by atomic mass is 16.1. The largest absolute Gasteiger partial charge is 0.349 e. The molecule has 0 aliphatic carbocycles. The molecule has 1 aliphatic heterocycles. The molecule has 0 spiro atoms. The van der Waals surface area contributed by atoms with Gasteiger partial charge in [-0.2, -0.15) is 0 Å². The van der Waals surface area contributed by atoms with Crippen LogP contribution in [0.3, 0.4) is 0 Å². The Morgan fingerprint density at radius 3 is 2.77 bits per heavy atom. The normalized spacial score (nSPS) is 13.6. The zero-order valence-corrected chi connectivity index (χ0v) is 15.7. The minimum Gasteiger partial charge on any atom is -0.349 e. The van der Waals surface area contributed by atoms with Crippen LogP contribution in [0.25, 0.3) is 0 Å². The number of nitrogens with one attached hydrogen (secondary N) is 1. The van der Waals surface area contributed by atoms with Crippen LogP contribution in [0.5, 0.6) is 0 Å². The lowest BCUT2D eigenvalue weighted by Gasteiger charge is -2.30. The van der Waals surface area contributed by atoms with Gasteiger partial charge in [0.05, 0.1) is 0 Å². The van der Waals surface area contributed by atoms with Crippen molar-refractivity contribution in [1.82, 2.24) is 15.2 Å². The zero-order chi connectivity index (χ0) is 18.4. The number of aromatic nitrogens is 1. The lowest BCUT2D eigenvalue weighted by atomic mass is 10.0. The van der Waals surface area contributed by atoms with Crippen LogP contribution in [0.2, 0.25) is 0 Å². The van der Waals surface area contributed by atoms with Gasteiger partial charge in [-0.15, -0.1) is 0 Å². The summed E-state index contributed by atoms with van der Waals surface area (Å²) in [6.45, 7) is 8.68. The van der Waals surface area contributed by atoms with Gasteiger partial charge in [0.1, 0.15) is 11.5 Å². The van der Waals surface area contributed by atoms with Crippen LogP contribution in [0.15, 0.2) is 42.5 Å². The summed E-state index contributed by atoms with van der Waals surface area (Å²) in [6.07, 6.45) is 2.19. The molecule has 0 unspecified atom stereocenters. The van der Waals surface area contributed by atoms with E-state index >= 15 is 0 Å². The third-order valence-electron chi connectivity index (χ3n) is 4.96. The van der Waals surface area contributed by atoms with Crippen LogP contribution in [0, 0.1) is 0 Å². The molecule has 26 heavy (non-hydrogen) atoms. The topological polar surface area (TPSA) is 48.5 Å². The van der Waals surface area contributed by atoms with E-state index in [2.05, 4.69) is 58.2 Å². The number of carbonyl (C=O) groups is 1. The van der Waals surface area contributed by atoms with Crippen LogP contribution >= 0.6 is 0 Å². The number of likely N-dealkylation sites (N-methyl/N-ethyl adjacent to an activating group) is 1. The average Bonchev–Trinajstić information content (AvgIpc) is 2.70. The van der Waals surface area contributed by atoms with Gasteiger partial charge in [0.2, 0.25) is 0 Å². The second-order valence-corrected chi connectivity index (χ2v) is 6.55. The molecule has 0 saturated carbocycles. The molecule has 2 heterocycles. The van der Waals surface area contributed by atoms with Crippen molar-refractivity contribution in [2.24, 2.45) is 0 Å². The highest BCUT2D eigenvalue weighted by Crippen LogP contribution is 2.32. The summed E-state index contributed by atoms with van der Waals surface area (Å²) in [5.74, 6) is 0.734. The molecule has 5 nitrogen and oxygen atoms in total. The molecule has 138 valence electrons. The monoisotopic (exact) mass is 352 g/mol. The molecular formula is C21H28N4O. The van der Waals surface area contributed by atoms with Crippen molar-refractivity contribution in [3.05, 3.63) is 53.7 Å². The van der Waals surface area contributed by atoms with E-state index in [0.29, 0.717) is 12.2 Å². The highest BCUT2D eigenvalue weighted by molar-refractivity contribution is 5.92. The summed E-state index contributed by atoms with van der Waals surface area (Å²) < 4.78 is 0. The van der Waals surface area contributed by atoms with E-state index in [9.17, 15) is 4.79 Å². The molecule has 0 radical (unpaired) electrons. The van der Waals surface area contributed by atoms with E-state index in [4.69, 9.17) is 0 Å². The fourth-order valence-corrected chi connectivity index (χ4v) is 3.43. The standard InChI is InChI=1S/C21H28N4O/c1-3-24(4-2)16-14-22-21(26)18-11-7-13-20(23-18)25-15-8-10-17-9-5-6-12-19(17)25/h5-7,9,11-13H,3-4,8,10,14-16H2,1-2H3,(H,22,26). The maximum Gasteiger partial charge on any atom is 0.270 e. The molecule has 1 aliphatic rings. The molecule has 1 amide bonds. The summed E-state index contributed by atoms with van der Waals surface area (Å²) in [7, 11) is 0. The summed E-state index contributed by atoms with van der Waals surface area (Å²) in [5.41, 5.74) is 3.02. The van der Waals surface area contributed by atoms with Crippen LogP contribution in [-0.4, -0.2) is 48.5 Å². The smallest absolute Gasteiger partial charge is 0.270 e. The second-order valence-electron chi connectivity index (χ2n) is 6.55. The van der Waals surface area contributed by atoms with Crippen molar-refractivity contribution >= 4 is 17.4 Å². The van der Waals surface area contributed by atoms with Gasteiger partial charge in [0, 0.05) is 25.3 Å². The Hall–Kier alpha value is -2.40. The minimum absolute atomic E-state index is 0.107. The number of benzene rings is 1. The Kier molecular flexibility index (Phi) is 6.23. The summed E-state index contributed by atoms with van der Waals surface area (Å²) >= 11 is 0. The molecule has 1 aromatic carbocycles. The number of fused-ring (bicyclic) bond motifs is 1. The van der Waals surface area contributed by atoms with E-state index in [1.165, 1.54) is 11.3 Å². The number of aryl methyl sites for hydroxylation is 1. The third kappa shape index (κ3) is 4.22. The van der Waals surface area contributed by atoms with Gasteiger partial charge in [0.15, 0.2) is 0 Å². The highest BCUT2D eigenvalue weighted by Gasteiger charge is 2.19. The number of rotatable bonds is 7. The fraction of sp³-hybridized carbons (Fsp3) is 0.429. The Bertz CT molecular complexity index is 742. The number of para-hydroxylation sites is 1. The van der Waals surface area contributed by atoms with Gasteiger partial charge >= 0.3 is 0 Å². The molecule has 0 saturated heterocycles. The van der Waals surface area contributed by atoms with Crippen molar-refractivity contribution < 1.29 is 4.79 Å². The Labute approximate surface area is 156 Å². The molecule has 1 aromatic heterocycles. The predicted molar refractivity (Wildman–Crippen MR) is 106 cm³/mol. The van der Waals surface area contributed by atoms with Gasteiger partial charge in [-0.25, -0.2) is 4.98 Å². The first-order chi connectivity index (χ1) is 12.7. The quantitative estimate of drug-likeness (QED) is 0.831. The second kappa shape index (κ2) is 8.81. The van der Waals surface area contributed by atoms with E-state index < -0.39 is 0 Å². The molecule has 5 heteroatoms. The zero-order valence-electron chi connectivity index (χ0n) is 15.7. The molecular weight excluding hydrogens is 324 g/mol. The van der Waals surface area contributed by atoms with Gasteiger partial charge < -0.3 is 15.1 Å². The van der Waals surface area contributed by atoms with Crippen molar-refractivity contribution in [2.45, 2.75) is 26.7 Å². The lowest BCUT2D eigenvalue weighted by molar-refractivity contribution is 0.0944. The van der Waals surface area contributed by atoms with Crippen LogP contribution in [-0.2, 0) is 6.42 Å². The van der Waals surface area contributed by atoms with Gasteiger partial charge in [-0.05, 0) is 49.7 Å². The molecule has 0 fully saturated rings. The van der Waals surface area contributed by atoms with Gasteiger partial charge in [-0.3, -0.25) is 4.79 Å². The summed E-state index contributed by atoms with van der Waals surface area (Å²) in [4.78, 5) is 21.6. The summed E-state index contributed by atoms with van der Waals surface area (Å²) in [5, 5.41) is 2.99. The average molecular weight is 352 g/mol. The maximum absolute atomic E-state index is 12.5. The first kappa shape index (κ1) is 18.4. The Morgan fingerprint density at radius 2 is 1.96 bits per heavy atom. The van der Waals surface area contributed by atoms with Crippen molar-refractivity contribution in [2.75, 3.05) is 37.6 Å². The lowest BCUT2D eigenvalue weighted by Crippen LogP contribution is -2.35. The van der Waals surface area contributed by atoms with E-state index in [1.807, 2.05) is 12.1 Å². The SMILES string of the molecule is CCN(CC)CCNC(=O)c1cccc(N2CCCc3ccccc32)n1. The van der Waals surface area contributed by atoms with E-state index in [-0.39, 0.29) is 5.91 Å². The first-order valence-corrected chi connectivity index (χ1v) is 9.56. The number of nitrogens with zero attached hydrogens (tertiary/aromatic N) is 3. The van der Waals surface area contributed by atoms with E-state index in [1.54, 1.807) is 6.07 Å². The van der Waals surface area contributed by atoms with Crippen LogP contribution in [0.4, 0.5) is 11.5 Å². The van der Waals surface area contributed by atoms with Crippen molar-refractivity contribution in [3.8, 4) is 0 Å². The first-order valence-electron chi connectivity index (χ1n) is 9.56. The van der Waals surface area contributed by atoms with Crippen LogP contribution in [0.1, 0.15) is 36.3 Å². The number of pyridine rings is 1. The van der Waals surface area contributed by atoms with Crippen molar-refractivity contribution in [3.63, 3.8) is 0 Å². The molecule has 3 rings (SSSR count). The fourth-order valence-electron chi connectivity index (χ4n) is 3.43. The Morgan fingerprint density at radius 1 is 1.15 bits per heavy atom. The maximum atomic E-state index is 12.5. The number of hydrogen-bond donors (Lipinski definition) is 1. The third-order valence-corrected chi connectivity index (χ3v) is 4.96. The minimum atomic E-state index is -0.107. The number of hydrogen-bond acceptors (Lipinski definition) is 4. The molecule has 2 aromatic rings. The predicted octanol–water partition coefficient (Wildman–Crippen LogP) is 3.24. The molecule has 0 bridgehead atoms. The summed E-state index contributed by atoms with van der Waals surface area (Å²) in [6, 6.07) is 14.1. The number of anilines is 2. The van der Waals surface area contributed by atoms with Gasteiger partial charge in [-0.1, -0.05) is 38.1 Å². The van der Waals surface area contributed by atoms with Crippen LogP contribution < -0.4 is 10.2 Å². The Balaban J connectivity index is 1.70. The molecule has 0 atom stereocenters. The number of amides is 1. The van der Waals surface area contributed by atoms with Gasteiger partial charge in [0.25, 0.3) is 5.91 Å².